The first-order chi connectivity index (χ1) is 4.04. The van der Waals surface area contributed by atoms with Gasteiger partial charge in [0.1, 0.15) is 6.04 Å². The minimum Gasteiger partial charge on any atom is -0.481 e. The maximum atomic E-state index is 9.85. The minimum absolute atomic E-state index is 0. The van der Waals surface area contributed by atoms with Crippen LogP contribution in [0, 0.1) is 0 Å². The van der Waals surface area contributed by atoms with Gasteiger partial charge >= 0.3 is 11.9 Å². The molecule has 1 atom stereocenters. The largest absolute Gasteiger partial charge is 0.481 e. The van der Waals surface area contributed by atoms with Crippen molar-refractivity contribution in [2.24, 2.45) is 5.73 Å². The van der Waals surface area contributed by atoms with Crippen LogP contribution in [0.15, 0.2) is 0 Å². The van der Waals surface area contributed by atoms with Crippen LogP contribution in [0.3, 0.4) is 0 Å². The zero-order valence-corrected chi connectivity index (χ0v) is 8.50. The Morgan fingerprint density at radius 3 is 1.90 bits per heavy atom. The second kappa shape index (κ2) is 5.56. The van der Waals surface area contributed by atoms with Gasteiger partial charge in [-0.05, 0) is 0 Å². The average molecular weight is 342 g/mol. The summed E-state index contributed by atoms with van der Waals surface area (Å²) in [4.78, 5) is 19.6. The standard InChI is InChI=1S/C4H7NO4.Bi/c5-2(4(8)9)1-3(6)7;/h2H,1,5H2,(H,6,7)(H,8,9);/t2-;/m0./s1. The summed E-state index contributed by atoms with van der Waals surface area (Å²) in [6.07, 6.45) is -0.532. The number of carboxylic acids is 2. The quantitative estimate of drug-likeness (QED) is 0.542. The van der Waals surface area contributed by atoms with E-state index in [2.05, 4.69) is 0 Å². The Balaban J connectivity index is 0. The average Bonchev–Trinajstić information content (AvgIpc) is 1.63. The fraction of sp³-hybridized carbons (Fsp3) is 0.500. The van der Waals surface area contributed by atoms with Crippen LogP contribution in [-0.2, 0) is 9.59 Å². The van der Waals surface area contributed by atoms with E-state index < -0.39 is 24.4 Å². The van der Waals surface area contributed by atoms with Crippen molar-refractivity contribution in [2.45, 2.75) is 12.5 Å². The molecule has 0 aliphatic heterocycles. The molecule has 6 heteroatoms. The van der Waals surface area contributed by atoms with E-state index in [4.69, 9.17) is 15.9 Å². The molecule has 10 heavy (non-hydrogen) atoms. The molecule has 0 aliphatic rings. The number of carboxylic acid groups (broad SMARTS) is 2. The monoisotopic (exact) mass is 342 g/mol. The summed E-state index contributed by atoms with van der Waals surface area (Å²) in [5.41, 5.74) is 4.84. The summed E-state index contributed by atoms with van der Waals surface area (Å²) in [7, 11) is 0. The number of hydrogen-bond acceptors (Lipinski definition) is 3. The van der Waals surface area contributed by atoms with Gasteiger partial charge in [0.15, 0.2) is 0 Å². The molecule has 0 amide bonds. The van der Waals surface area contributed by atoms with E-state index >= 15 is 0 Å². The number of carbonyl (C=O) groups is 2. The fourth-order valence-electron chi connectivity index (χ4n) is 0.275. The second-order valence-electron chi connectivity index (χ2n) is 1.54. The SMILES string of the molecule is N[C@@H](CC(=O)O)C(=O)O.[Bi]. The van der Waals surface area contributed by atoms with Crippen molar-refractivity contribution in [2.75, 3.05) is 0 Å². The van der Waals surface area contributed by atoms with Gasteiger partial charge in [-0.25, -0.2) is 0 Å². The molecule has 5 nitrogen and oxygen atoms in total. The van der Waals surface area contributed by atoms with Gasteiger partial charge in [-0.1, -0.05) is 0 Å². The molecule has 0 spiro atoms. The van der Waals surface area contributed by atoms with E-state index in [-0.39, 0.29) is 26.2 Å². The molecule has 4 N–H and O–H groups in total. The molecule has 0 saturated heterocycles. The first kappa shape index (κ1) is 12.5. The van der Waals surface area contributed by atoms with E-state index in [0.29, 0.717) is 0 Å². The molecule has 0 heterocycles. The summed E-state index contributed by atoms with van der Waals surface area (Å²) in [5.74, 6) is -2.50. The number of nitrogens with two attached hydrogens (primary N) is 1. The molecule has 0 rings (SSSR count). The molecule has 0 fully saturated rings. The van der Waals surface area contributed by atoms with Gasteiger partial charge < -0.3 is 15.9 Å². The molecule has 0 aromatic carbocycles. The van der Waals surface area contributed by atoms with E-state index in [9.17, 15) is 9.59 Å². The van der Waals surface area contributed by atoms with Gasteiger partial charge in [0.05, 0.1) is 6.42 Å². The smallest absolute Gasteiger partial charge is 0.321 e. The van der Waals surface area contributed by atoms with Crippen molar-refractivity contribution < 1.29 is 19.8 Å². The molecule has 0 aromatic rings. The summed E-state index contributed by atoms with van der Waals surface area (Å²) in [6, 6.07) is -1.29. The van der Waals surface area contributed by atoms with Crippen molar-refractivity contribution >= 4 is 38.1 Å². The molecule has 0 aliphatic carbocycles. The van der Waals surface area contributed by atoms with Crippen LogP contribution in [0.1, 0.15) is 6.42 Å². The van der Waals surface area contributed by atoms with E-state index in [1.165, 1.54) is 0 Å². The maximum Gasteiger partial charge on any atom is 0.321 e. The third-order valence-electron chi connectivity index (χ3n) is 0.712. The van der Waals surface area contributed by atoms with Crippen LogP contribution < -0.4 is 5.73 Å². The van der Waals surface area contributed by atoms with Gasteiger partial charge in [0.25, 0.3) is 0 Å². The van der Waals surface area contributed by atoms with Crippen LogP contribution in [0.2, 0.25) is 0 Å². The predicted molar refractivity (Wildman–Crippen MR) is 33.6 cm³/mol. The van der Waals surface area contributed by atoms with E-state index in [0.717, 1.165) is 0 Å². The normalized spacial score (nSPS) is 11.3. The Morgan fingerprint density at radius 2 is 1.80 bits per heavy atom. The molecular formula is C4H7BiNO4. The first-order valence-corrected chi connectivity index (χ1v) is 2.24. The summed E-state index contributed by atoms with van der Waals surface area (Å²) in [5, 5.41) is 16.0. The number of aliphatic carboxylic acids is 2. The maximum absolute atomic E-state index is 9.85. The summed E-state index contributed by atoms with van der Waals surface area (Å²) >= 11 is 0. The molecule has 57 valence electrons. The number of hydrogen-bond donors (Lipinski definition) is 3. The Morgan fingerprint density at radius 1 is 1.40 bits per heavy atom. The van der Waals surface area contributed by atoms with Gasteiger partial charge in [0.2, 0.25) is 0 Å². The molecule has 3 radical (unpaired) electrons. The zero-order valence-electron chi connectivity index (χ0n) is 5.02. The first-order valence-electron chi connectivity index (χ1n) is 2.24. The van der Waals surface area contributed by atoms with Crippen LogP contribution in [0.4, 0.5) is 0 Å². The summed E-state index contributed by atoms with van der Waals surface area (Å²) in [6.45, 7) is 0. The van der Waals surface area contributed by atoms with Gasteiger partial charge in [-0.2, -0.15) is 0 Å². The molecule has 0 aromatic heterocycles. The summed E-state index contributed by atoms with van der Waals surface area (Å²) < 4.78 is 0. The van der Waals surface area contributed by atoms with Gasteiger partial charge in [0, 0.05) is 26.2 Å². The van der Waals surface area contributed by atoms with Crippen molar-refractivity contribution in [1.29, 1.82) is 0 Å². The van der Waals surface area contributed by atoms with Gasteiger partial charge in [-0.15, -0.1) is 0 Å². The van der Waals surface area contributed by atoms with Crippen LogP contribution >= 0.6 is 0 Å². The third-order valence-corrected chi connectivity index (χ3v) is 0.712. The van der Waals surface area contributed by atoms with Crippen molar-refractivity contribution in [3.05, 3.63) is 0 Å². The predicted octanol–water partition coefficient (Wildman–Crippen LogP) is -1.51. The fourth-order valence-corrected chi connectivity index (χ4v) is 0.275. The Labute approximate surface area is 76.3 Å². The third kappa shape index (κ3) is 5.91. The van der Waals surface area contributed by atoms with E-state index in [1.807, 2.05) is 0 Å². The topological polar surface area (TPSA) is 101 Å². The van der Waals surface area contributed by atoms with Crippen LogP contribution in [-0.4, -0.2) is 54.4 Å². The Bertz CT molecular complexity index is 137. The molecule has 0 saturated carbocycles. The van der Waals surface area contributed by atoms with Gasteiger partial charge in [-0.3, -0.25) is 9.59 Å². The van der Waals surface area contributed by atoms with E-state index in [1.54, 1.807) is 0 Å². The Hall–Kier alpha value is -0.217. The van der Waals surface area contributed by atoms with Crippen molar-refractivity contribution in [3.8, 4) is 0 Å². The minimum atomic E-state index is -1.29. The molecule has 0 bridgehead atoms. The second-order valence-corrected chi connectivity index (χ2v) is 1.54. The Kier molecular flexibility index (Phi) is 6.93. The van der Waals surface area contributed by atoms with Crippen molar-refractivity contribution in [1.82, 2.24) is 0 Å². The molecular weight excluding hydrogens is 335 g/mol. The van der Waals surface area contributed by atoms with Crippen LogP contribution in [0.5, 0.6) is 0 Å². The zero-order chi connectivity index (χ0) is 7.44. The number of rotatable bonds is 3. The molecule has 0 unspecified atom stereocenters. The van der Waals surface area contributed by atoms with Crippen molar-refractivity contribution in [3.63, 3.8) is 0 Å². The van der Waals surface area contributed by atoms with Crippen LogP contribution in [0.25, 0.3) is 0 Å².